The van der Waals surface area contributed by atoms with Crippen molar-refractivity contribution in [2.45, 2.75) is 68.3 Å². The van der Waals surface area contributed by atoms with Gasteiger partial charge in [0.1, 0.15) is 54.2 Å². The highest BCUT2D eigenvalue weighted by Crippen LogP contribution is 2.31. The molecule has 0 saturated carbocycles. The SMILES string of the molecule is COc1ccc(C=Cc2cc(O)cc(OC3OC(COC4OC(C)C(O)C(O)C4O)C(O)C(O)C3O)c2)cc1O. The third-order valence-corrected chi connectivity index (χ3v) is 6.74. The molecule has 0 radical (unpaired) electrons. The lowest BCUT2D eigenvalue weighted by atomic mass is 9.98. The second-order valence-electron chi connectivity index (χ2n) is 9.67. The summed E-state index contributed by atoms with van der Waals surface area (Å²) in [5, 5.41) is 81.4. The van der Waals surface area contributed by atoms with Gasteiger partial charge >= 0.3 is 0 Å². The van der Waals surface area contributed by atoms with E-state index in [1.165, 1.54) is 38.3 Å². The number of aliphatic hydroxyl groups is 6. The summed E-state index contributed by atoms with van der Waals surface area (Å²) in [5.41, 5.74) is 1.15. The van der Waals surface area contributed by atoms with Gasteiger partial charge in [0, 0.05) is 6.07 Å². The Hall–Kier alpha value is -2.98. The summed E-state index contributed by atoms with van der Waals surface area (Å²) in [6.45, 7) is 1.04. The highest BCUT2D eigenvalue weighted by molar-refractivity contribution is 5.72. The summed E-state index contributed by atoms with van der Waals surface area (Å²) in [7, 11) is 1.44. The lowest BCUT2D eigenvalue weighted by Gasteiger charge is -2.42. The Kier molecular flexibility index (Phi) is 9.51. The number of methoxy groups -OCH3 is 1. The van der Waals surface area contributed by atoms with E-state index in [0.29, 0.717) is 16.9 Å². The highest BCUT2D eigenvalue weighted by atomic mass is 16.7. The monoisotopic (exact) mass is 566 g/mol. The van der Waals surface area contributed by atoms with Crippen LogP contribution in [-0.4, -0.2) is 116 Å². The Balaban J connectivity index is 1.44. The number of hydrogen-bond acceptors (Lipinski definition) is 13. The average molecular weight is 567 g/mol. The normalized spacial score (nSPS) is 34.6. The van der Waals surface area contributed by atoms with Crippen LogP contribution >= 0.6 is 0 Å². The fraction of sp³-hybridized carbons (Fsp3) is 0.481. The molecule has 2 fully saturated rings. The minimum absolute atomic E-state index is 0.0415. The van der Waals surface area contributed by atoms with Gasteiger partial charge in [0.15, 0.2) is 17.8 Å². The molecular formula is C27H34O13. The van der Waals surface area contributed by atoms with Gasteiger partial charge < -0.3 is 64.5 Å². The van der Waals surface area contributed by atoms with Crippen molar-refractivity contribution in [2.24, 2.45) is 0 Å². The molecule has 2 heterocycles. The minimum Gasteiger partial charge on any atom is -0.508 e. The van der Waals surface area contributed by atoms with Crippen LogP contribution < -0.4 is 9.47 Å². The number of ether oxygens (including phenoxy) is 5. The third-order valence-electron chi connectivity index (χ3n) is 6.74. The number of hydrogen-bond donors (Lipinski definition) is 8. The van der Waals surface area contributed by atoms with E-state index in [1.54, 1.807) is 24.3 Å². The van der Waals surface area contributed by atoms with Gasteiger partial charge in [-0.05, 0) is 42.3 Å². The quantitative estimate of drug-likeness (QED) is 0.186. The van der Waals surface area contributed by atoms with Gasteiger partial charge in [-0.1, -0.05) is 18.2 Å². The van der Waals surface area contributed by atoms with E-state index in [-0.39, 0.29) is 17.2 Å². The van der Waals surface area contributed by atoms with Gasteiger partial charge in [0.2, 0.25) is 6.29 Å². The molecule has 220 valence electrons. The van der Waals surface area contributed by atoms with Gasteiger partial charge in [0.05, 0.1) is 19.8 Å². The smallest absolute Gasteiger partial charge is 0.229 e. The van der Waals surface area contributed by atoms with Gasteiger partial charge in [-0.3, -0.25) is 0 Å². The average Bonchev–Trinajstić information content (AvgIpc) is 2.92. The molecular weight excluding hydrogens is 532 g/mol. The summed E-state index contributed by atoms with van der Waals surface area (Å²) in [6, 6.07) is 9.05. The molecule has 4 rings (SSSR count). The molecule has 0 bridgehead atoms. The number of benzene rings is 2. The Morgan fingerprint density at radius 3 is 2.12 bits per heavy atom. The van der Waals surface area contributed by atoms with Crippen molar-refractivity contribution in [1.29, 1.82) is 0 Å². The van der Waals surface area contributed by atoms with Crippen molar-refractivity contribution in [2.75, 3.05) is 13.7 Å². The molecule has 40 heavy (non-hydrogen) atoms. The maximum atomic E-state index is 10.5. The van der Waals surface area contributed by atoms with Crippen LogP contribution in [0.25, 0.3) is 12.2 Å². The molecule has 0 spiro atoms. The highest BCUT2D eigenvalue weighted by Gasteiger charge is 2.47. The summed E-state index contributed by atoms with van der Waals surface area (Å²) >= 11 is 0. The van der Waals surface area contributed by atoms with E-state index in [9.17, 15) is 40.9 Å². The molecule has 10 unspecified atom stereocenters. The number of aliphatic hydroxyl groups excluding tert-OH is 6. The van der Waals surface area contributed by atoms with E-state index in [4.69, 9.17) is 23.7 Å². The van der Waals surface area contributed by atoms with E-state index in [1.807, 2.05) is 0 Å². The van der Waals surface area contributed by atoms with Crippen LogP contribution in [0.5, 0.6) is 23.0 Å². The van der Waals surface area contributed by atoms with Crippen molar-refractivity contribution >= 4 is 12.2 Å². The first-order chi connectivity index (χ1) is 19.0. The molecule has 0 amide bonds. The minimum atomic E-state index is -1.70. The molecule has 2 aromatic carbocycles. The van der Waals surface area contributed by atoms with Gasteiger partial charge in [-0.25, -0.2) is 0 Å². The van der Waals surface area contributed by atoms with Crippen LogP contribution in [0.15, 0.2) is 36.4 Å². The Labute approximate surface area is 229 Å². The summed E-state index contributed by atoms with van der Waals surface area (Å²) in [4.78, 5) is 0. The van der Waals surface area contributed by atoms with E-state index in [2.05, 4.69) is 0 Å². The summed E-state index contributed by atoms with van der Waals surface area (Å²) < 4.78 is 27.2. The Morgan fingerprint density at radius 2 is 1.43 bits per heavy atom. The first kappa shape index (κ1) is 30.0. The maximum Gasteiger partial charge on any atom is 0.229 e. The number of phenols is 2. The van der Waals surface area contributed by atoms with Gasteiger partial charge in [0.25, 0.3) is 0 Å². The van der Waals surface area contributed by atoms with Gasteiger partial charge in [-0.2, -0.15) is 0 Å². The number of phenolic OH excluding ortho intramolecular Hbond substituents is 2. The largest absolute Gasteiger partial charge is 0.508 e. The summed E-state index contributed by atoms with van der Waals surface area (Å²) in [6.07, 6.45) is -11.1. The summed E-state index contributed by atoms with van der Waals surface area (Å²) in [5.74, 6) is 0.182. The van der Waals surface area contributed by atoms with Crippen molar-refractivity contribution in [3.05, 3.63) is 47.5 Å². The van der Waals surface area contributed by atoms with Crippen LogP contribution in [0, 0.1) is 0 Å². The zero-order valence-corrected chi connectivity index (χ0v) is 21.7. The van der Waals surface area contributed by atoms with Crippen molar-refractivity contribution in [3.63, 3.8) is 0 Å². The molecule has 2 saturated heterocycles. The van der Waals surface area contributed by atoms with Crippen LogP contribution in [0.4, 0.5) is 0 Å². The molecule has 2 aromatic rings. The van der Waals surface area contributed by atoms with E-state index < -0.39 is 68.0 Å². The second-order valence-corrected chi connectivity index (χ2v) is 9.67. The first-order valence-electron chi connectivity index (χ1n) is 12.5. The number of rotatable bonds is 8. The third kappa shape index (κ3) is 6.66. The Morgan fingerprint density at radius 1 is 0.750 bits per heavy atom. The zero-order chi connectivity index (χ0) is 29.1. The van der Waals surface area contributed by atoms with Crippen LogP contribution in [0.3, 0.4) is 0 Å². The van der Waals surface area contributed by atoms with Gasteiger partial charge in [-0.15, -0.1) is 0 Å². The standard InChI is InChI=1S/C27H34O13/c1-12-20(30)22(32)24(34)26(38-12)37-11-19-21(31)23(33)25(35)27(40-19)39-16-8-14(7-15(28)10-16)4-3-13-5-6-18(36-2)17(29)9-13/h3-10,12,19-35H,11H2,1-2H3. The fourth-order valence-corrected chi connectivity index (χ4v) is 4.40. The number of aromatic hydroxyl groups is 2. The van der Waals surface area contributed by atoms with E-state index in [0.717, 1.165) is 0 Å². The molecule has 13 nitrogen and oxygen atoms in total. The van der Waals surface area contributed by atoms with Crippen LogP contribution in [0.2, 0.25) is 0 Å². The topological polar surface area (TPSA) is 208 Å². The molecule has 2 aliphatic rings. The lowest BCUT2D eigenvalue weighted by Crippen LogP contribution is -2.61. The Bertz CT molecular complexity index is 1170. The van der Waals surface area contributed by atoms with E-state index >= 15 is 0 Å². The fourth-order valence-electron chi connectivity index (χ4n) is 4.40. The molecule has 13 heteroatoms. The first-order valence-corrected chi connectivity index (χ1v) is 12.5. The van der Waals surface area contributed by atoms with Crippen molar-refractivity contribution < 1.29 is 64.5 Å². The molecule has 8 N–H and O–H groups in total. The lowest BCUT2D eigenvalue weighted by molar-refractivity contribution is -0.318. The molecule has 2 aliphatic heterocycles. The molecule has 0 aliphatic carbocycles. The molecule has 0 aromatic heterocycles. The van der Waals surface area contributed by atoms with Crippen molar-refractivity contribution in [3.8, 4) is 23.0 Å². The zero-order valence-electron chi connectivity index (χ0n) is 21.7. The second kappa shape index (κ2) is 12.7. The van der Waals surface area contributed by atoms with Crippen molar-refractivity contribution in [1.82, 2.24) is 0 Å². The van der Waals surface area contributed by atoms with Crippen LogP contribution in [-0.2, 0) is 14.2 Å². The molecule has 10 atom stereocenters. The van der Waals surface area contributed by atoms with Crippen LogP contribution in [0.1, 0.15) is 18.1 Å². The predicted molar refractivity (Wildman–Crippen MR) is 137 cm³/mol. The predicted octanol–water partition coefficient (Wildman–Crippen LogP) is -0.693. The maximum absolute atomic E-state index is 10.5.